The van der Waals surface area contributed by atoms with Gasteiger partial charge < -0.3 is 5.32 Å². The van der Waals surface area contributed by atoms with Crippen molar-refractivity contribution in [3.05, 3.63) is 22.9 Å². The van der Waals surface area contributed by atoms with Crippen molar-refractivity contribution in [2.24, 2.45) is 0 Å². The molecule has 5 heteroatoms. The molecule has 0 aliphatic heterocycles. The summed E-state index contributed by atoms with van der Waals surface area (Å²) >= 11 is 0. The zero-order chi connectivity index (χ0) is 12.3. The van der Waals surface area contributed by atoms with Crippen molar-refractivity contribution in [3.8, 4) is 0 Å². The molecule has 1 aliphatic carbocycles. The van der Waals surface area contributed by atoms with Gasteiger partial charge in [-0.25, -0.2) is 4.79 Å². The summed E-state index contributed by atoms with van der Waals surface area (Å²) in [6.45, 7) is 2.89. The number of hydrogen-bond acceptors (Lipinski definition) is 2. The summed E-state index contributed by atoms with van der Waals surface area (Å²) < 4.78 is 3.19. The highest BCUT2D eigenvalue weighted by molar-refractivity contribution is 5.75. The number of nitrogens with one attached hydrogen (secondary N) is 1. The Hall–Kier alpha value is -1.52. The van der Waals surface area contributed by atoms with Crippen molar-refractivity contribution in [2.75, 3.05) is 6.54 Å². The maximum absolute atomic E-state index is 11.9. The molecule has 0 atom stereocenters. The highest BCUT2D eigenvalue weighted by Gasteiger charge is 2.25. The van der Waals surface area contributed by atoms with Crippen molar-refractivity contribution in [2.45, 2.75) is 45.2 Å². The third-order valence-corrected chi connectivity index (χ3v) is 2.98. The fraction of sp³-hybridized carbons (Fsp3) is 0.667. The number of unbranched alkanes of at least 4 members (excludes halogenated alkanes) is 1. The van der Waals surface area contributed by atoms with Crippen LogP contribution < -0.4 is 11.0 Å². The van der Waals surface area contributed by atoms with Gasteiger partial charge >= 0.3 is 5.69 Å². The number of hydrogen-bond donors (Lipinski definition) is 1. The van der Waals surface area contributed by atoms with Crippen LogP contribution in [-0.2, 0) is 11.3 Å². The first-order chi connectivity index (χ1) is 8.22. The van der Waals surface area contributed by atoms with E-state index in [0.717, 1.165) is 25.7 Å². The average molecular weight is 237 g/mol. The normalized spacial score (nSPS) is 14.9. The Bertz CT molecular complexity index is 443. The van der Waals surface area contributed by atoms with E-state index in [-0.39, 0.29) is 18.1 Å². The standard InChI is InChI=1S/C12H19N3O2/c1-2-3-6-13-11(16)9-14-7-8-15(12(14)17)10-4-5-10/h7-8,10H,2-6,9H2,1H3,(H,13,16). The molecule has 1 aromatic heterocycles. The molecule has 2 rings (SSSR count). The van der Waals surface area contributed by atoms with Gasteiger partial charge in [-0.3, -0.25) is 13.9 Å². The number of aromatic nitrogens is 2. The van der Waals surface area contributed by atoms with Gasteiger partial charge in [-0.1, -0.05) is 13.3 Å². The van der Waals surface area contributed by atoms with Gasteiger partial charge in [0.05, 0.1) is 0 Å². The molecule has 0 aromatic carbocycles. The molecule has 1 aliphatic rings. The van der Waals surface area contributed by atoms with E-state index in [1.165, 1.54) is 4.57 Å². The third kappa shape index (κ3) is 2.99. The highest BCUT2D eigenvalue weighted by atomic mass is 16.2. The van der Waals surface area contributed by atoms with Crippen LogP contribution in [0.2, 0.25) is 0 Å². The van der Waals surface area contributed by atoms with E-state index in [1.807, 2.05) is 0 Å². The first-order valence-corrected chi connectivity index (χ1v) is 6.26. The molecule has 94 valence electrons. The summed E-state index contributed by atoms with van der Waals surface area (Å²) in [6, 6.07) is 0.368. The molecule has 1 saturated carbocycles. The van der Waals surface area contributed by atoms with Crippen LogP contribution in [0.5, 0.6) is 0 Å². The van der Waals surface area contributed by atoms with E-state index in [4.69, 9.17) is 0 Å². The molecule has 5 nitrogen and oxygen atoms in total. The molecule has 17 heavy (non-hydrogen) atoms. The topological polar surface area (TPSA) is 56.0 Å². The molecule has 0 spiro atoms. The average Bonchev–Trinajstić information content (AvgIpc) is 3.07. The van der Waals surface area contributed by atoms with Crippen LogP contribution in [0.1, 0.15) is 38.6 Å². The molecule has 0 radical (unpaired) electrons. The van der Waals surface area contributed by atoms with Crippen molar-refractivity contribution >= 4 is 5.91 Å². The van der Waals surface area contributed by atoms with Gasteiger partial charge in [0.15, 0.2) is 0 Å². The van der Waals surface area contributed by atoms with Gasteiger partial charge in [0, 0.05) is 25.0 Å². The molecule has 0 bridgehead atoms. The van der Waals surface area contributed by atoms with Crippen LogP contribution >= 0.6 is 0 Å². The number of rotatable bonds is 6. The Morgan fingerprint density at radius 3 is 2.88 bits per heavy atom. The molecule has 0 saturated heterocycles. The zero-order valence-electron chi connectivity index (χ0n) is 10.2. The van der Waals surface area contributed by atoms with Crippen molar-refractivity contribution in [3.63, 3.8) is 0 Å². The van der Waals surface area contributed by atoms with E-state index >= 15 is 0 Å². The maximum Gasteiger partial charge on any atom is 0.328 e. The quantitative estimate of drug-likeness (QED) is 0.747. The van der Waals surface area contributed by atoms with Gasteiger partial charge in [-0.05, 0) is 19.3 Å². The van der Waals surface area contributed by atoms with E-state index < -0.39 is 0 Å². The van der Waals surface area contributed by atoms with E-state index in [1.54, 1.807) is 17.0 Å². The number of nitrogens with zero attached hydrogens (tertiary/aromatic N) is 2. The Morgan fingerprint density at radius 2 is 2.24 bits per heavy atom. The van der Waals surface area contributed by atoms with E-state index in [2.05, 4.69) is 12.2 Å². The van der Waals surface area contributed by atoms with Crippen molar-refractivity contribution in [1.29, 1.82) is 0 Å². The number of imidazole rings is 1. The second kappa shape index (κ2) is 5.21. The first-order valence-electron chi connectivity index (χ1n) is 6.26. The lowest BCUT2D eigenvalue weighted by Crippen LogP contribution is -2.33. The second-order valence-electron chi connectivity index (χ2n) is 4.55. The van der Waals surface area contributed by atoms with Crippen LogP contribution in [0.25, 0.3) is 0 Å². The molecule has 1 N–H and O–H groups in total. The van der Waals surface area contributed by atoms with Crippen LogP contribution in [0, 0.1) is 0 Å². The van der Waals surface area contributed by atoms with Gasteiger partial charge in [0.1, 0.15) is 6.54 Å². The second-order valence-corrected chi connectivity index (χ2v) is 4.55. The summed E-state index contributed by atoms with van der Waals surface area (Å²) in [5, 5.41) is 2.81. The predicted molar refractivity (Wildman–Crippen MR) is 64.9 cm³/mol. The molecule has 1 amide bonds. The van der Waals surface area contributed by atoms with Gasteiger partial charge in [0.2, 0.25) is 5.91 Å². The van der Waals surface area contributed by atoms with Gasteiger partial charge in [-0.2, -0.15) is 0 Å². The molecular weight excluding hydrogens is 218 g/mol. The minimum Gasteiger partial charge on any atom is -0.355 e. The summed E-state index contributed by atoms with van der Waals surface area (Å²) in [6.07, 6.45) is 7.65. The lowest BCUT2D eigenvalue weighted by molar-refractivity contribution is -0.121. The summed E-state index contributed by atoms with van der Waals surface area (Å²) in [5.74, 6) is -0.0888. The number of carbonyl (C=O) groups is 1. The zero-order valence-corrected chi connectivity index (χ0v) is 10.2. The fourth-order valence-corrected chi connectivity index (χ4v) is 1.79. The molecule has 0 unspecified atom stereocenters. The maximum atomic E-state index is 11.9. The summed E-state index contributed by atoms with van der Waals surface area (Å²) in [4.78, 5) is 23.4. The number of amides is 1. The molecule has 1 heterocycles. The van der Waals surface area contributed by atoms with Crippen molar-refractivity contribution in [1.82, 2.24) is 14.5 Å². The smallest absolute Gasteiger partial charge is 0.328 e. The highest BCUT2D eigenvalue weighted by Crippen LogP contribution is 2.33. The van der Waals surface area contributed by atoms with Crippen LogP contribution in [0.3, 0.4) is 0 Å². The van der Waals surface area contributed by atoms with E-state index in [9.17, 15) is 9.59 Å². The first kappa shape index (κ1) is 12.0. The van der Waals surface area contributed by atoms with Crippen LogP contribution in [0.4, 0.5) is 0 Å². The van der Waals surface area contributed by atoms with Gasteiger partial charge in [0.25, 0.3) is 0 Å². The summed E-state index contributed by atoms with van der Waals surface area (Å²) in [5.41, 5.74) is -0.0712. The minimum absolute atomic E-state index is 0.0712. The Labute approximate surface area is 100 Å². The molecular formula is C12H19N3O2. The third-order valence-electron chi connectivity index (χ3n) is 2.98. The van der Waals surface area contributed by atoms with Crippen molar-refractivity contribution < 1.29 is 4.79 Å². The SMILES string of the molecule is CCCCNC(=O)Cn1ccn(C2CC2)c1=O. The lowest BCUT2D eigenvalue weighted by atomic mass is 10.3. The summed E-state index contributed by atoms with van der Waals surface area (Å²) in [7, 11) is 0. The largest absolute Gasteiger partial charge is 0.355 e. The number of carbonyl (C=O) groups excluding carboxylic acids is 1. The lowest BCUT2D eigenvalue weighted by Gasteiger charge is -2.04. The molecule has 1 fully saturated rings. The van der Waals surface area contributed by atoms with E-state index in [0.29, 0.717) is 12.6 Å². The van der Waals surface area contributed by atoms with Crippen LogP contribution in [-0.4, -0.2) is 21.6 Å². The minimum atomic E-state index is -0.0888. The van der Waals surface area contributed by atoms with Crippen LogP contribution in [0.15, 0.2) is 17.2 Å². The fourth-order valence-electron chi connectivity index (χ4n) is 1.79. The van der Waals surface area contributed by atoms with Gasteiger partial charge in [-0.15, -0.1) is 0 Å². The Balaban J connectivity index is 1.90. The predicted octanol–water partition coefficient (Wildman–Crippen LogP) is 0.901. The monoisotopic (exact) mass is 237 g/mol. The molecule has 1 aromatic rings. The Morgan fingerprint density at radius 1 is 1.47 bits per heavy atom. The Kier molecular flexibility index (Phi) is 3.66.